The minimum absolute atomic E-state index is 0.0172. The molecule has 2 aliphatic rings. The van der Waals surface area contributed by atoms with Crippen molar-refractivity contribution in [1.82, 2.24) is 0 Å². The molecule has 0 saturated heterocycles. The van der Waals surface area contributed by atoms with Crippen molar-refractivity contribution >= 4 is 40.7 Å². The largest absolute Gasteiger partial charge is 0.478 e. The second-order valence-corrected chi connectivity index (χ2v) is 10.3. The van der Waals surface area contributed by atoms with E-state index >= 15 is 0 Å². The molecule has 0 spiro atoms. The maximum Gasteiger partial charge on any atom is 0.337 e. The van der Waals surface area contributed by atoms with Crippen molar-refractivity contribution in [1.29, 1.82) is 0 Å². The first kappa shape index (κ1) is 22.7. The summed E-state index contributed by atoms with van der Waals surface area (Å²) in [5.74, 6) is -1.83. The lowest BCUT2D eigenvalue weighted by Gasteiger charge is -2.39. The number of nitrogens with one attached hydrogen (secondary N) is 1. The summed E-state index contributed by atoms with van der Waals surface area (Å²) in [5, 5.41) is 24.0. The van der Waals surface area contributed by atoms with Gasteiger partial charge in [0.1, 0.15) is 5.82 Å². The molecule has 0 unspecified atom stereocenters. The van der Waals surface area contributed by atoms with Crippen LogP contribution >= 0.6 is 23.4 Å². The number of nitro benzene ring substituents is 1. The molecular weight excluding hydrogens is 479 g/mol. The van der Waals surface area contributed by atoms with E-state index in [1.807, 2.05) is 6.07 Å². The van der Waals surface area contributed by atoms with E-state index in [0.29, 0.717) is 22.6 Å². The van der Waals surface area contributed by atoms with Crippen LogP contribution < -0.4 is 5.32 Å². The van der Waals surface area contributed by atoms with Gasteiger partial charge in [-0.05, 0) is 36.1 Å². The van der Waals surface area contributed by atoms with Crippen LogP contribution in [0.25, 0.3) is 0 Å². The van der Waals surface area contributed by atoms with Crippen LogP contribution in [0.4, 0.5) is 15.8 Å². The number of fused-ring (bicyclic) bond motifs is 3. The number of thioether (sulfide) groups is 1. The molecule has 3 aromatic carbocycles. The van der Waals surface area contributed by atoms with E-state index in [2.05, 4.69) is 5.32 Å². The van der Waals surface area contributed by atoms with Gasteiger partial charge in [0.25, 0.3) is 5.69 Å². The molecule has 34 heavy (non-hydrogen) atoms. The van der Waals surface area contributed by atoms with Crippen LogP contribution in [0.3, 0.4) is 0 Å². The minimum atomic E-state index is -1.08. The molecule has 9 heteroatoms. The highest BCUT2D eigenvalue weighted by molar-refractivity contribution is 8.00. The highest BCUT2D eigenvalue weighted by Crippen LogP contribution is 2.58. The summed E-state index contributed by atoms with van der Waals surface area (Å²) in [4.78, 5) is 23.6. The van der Waals surface area contributed by atoms with Gasteiger partial charge in [-0.2, -0.15) is 0 Å². The Hall–Kier alpha value is -3.10. The lowest BCUT2D eigenvalue weighted by Crippen LogP contribution is -2.32. The van der Waals surface area contributed by atoms with E-state index in [1.165, 1.54) is 30.0 Å². The maximum atomic E-state index is 14.9. The van der Waals surface area contributed by atoms with Crippen LogP contribution in [0.5, 0.6) is 0 Å². The molecule has 1 fully saturated rings. The number of halogens is 2. The number of nitro groups is 1. The van der Waals surface area contributed by atoms with Gasteiger partial charge in [-0.15, -0.1) is 23.4 Å². The van der Waals surface area contributed by atoms with Crippen LogP contribution in [0.1, 0.15) is 39.9 Å². The van der Waals surface area contributed by atoms with E-state index in [1.54, 1.807) is 42.5 Å². The van der Waals surface area contributed by atoms with E-state index in [0.717, 1.165) is 5.56 Å². The molecule has 1 aliphatic heterocycles. The number of aromatic carboxylic acids is 1. The number of alkyl halides is 1. The molecule has 3 aromatic rings. The SMILES string of the molecule is O=C(O)c1cccc2c1N[C@H](c1ccccc1F)[C@@H]1C[C@H](Sc3ccccc3[N+](=O)[O-])[C@@H](Cl)[C@H]21. The number of rotatable bonds is 5. The Bertz CT molecular complexity index is 1290. The Balaban J connectivity index is 1.59. The van der Waals surface area contributed by atoms with Crippen molar-refractivity contribution in [2.75, 3.05) is 5.32 Å². The Morgan fingerprint density at radius 1 is 1.09 bits per heavy atom. The molecule has 0 aromatic heterocycles. The number of para-hydroxylation sites is 2. The number of anilines is 1. The highest BCUT2D eigenvalue weighted by atomic mass is 35.5. The third-order valence-corrected chi connectivity index (χ3v) is 8.77. The van der Waals surface area contributed by atoms with E-state index < -0.39 is 22.3 Å². The Morgan fingerprint density at radius 3 is 2.53 bits per heavy atom. The number of carbonyl (C=O) groups is 1. The smallest absolute Gasteiger partial charge is 0.337 e. The van der Waals surface area contributed by atoms with Crippen LogP contribution in [0, 0.1) is 21.8 Å². The molecule has 0 radical (unpaired) electrons. The number of carboxylic acids is 1. The highest BCUT2D eigenvalue weighted by Gasteiger charge is 2.51. The molecule has 6 nitrogen and oxygen atoms in total. The summed E-state index contributed by atoms with van der Waals surface area (Å²) in [6.45, 7) is 0. The zero-order chi connectivity index (χ0) is 24.0. The van der Waals surface area contributed by atoms with Crippen molar-refractivity contribution < 1.29 is 19.2 Å². The zero-order valence-electron chi connectivity index (χ0n) is 17.7. The van der Waals surface area contributed by atoms with Crippen molar-refractivity contribution in [3.05, 3.63) is 99.4 Å². The second kappa shape index (κ2) is 8.92. The fourth-order valence-corrected chi connectivity index (χ4v) is 7.17. The van der Waals surface area contributed by atoms with Gasteiger partial charge in [-0.3, -0.25) is 10.1 Å². The van der Waals surface area contributed by atoms with Crippen molar-refractivity contribution in [2.24, 2.45) is 5.92 Å². The molecule has 174 valence electrons. The van der Waals surface area contributed by atoms with Crippen LogP contribution in [-0.2, 0) is 0 Å². The van der Waals surface area contributed by atoms with Gasteiger partial charge >= 0.3 is 5.97 Å². The fourth-order valence-electron chi connectivity index (χ4n) is 5.23. The predicted octanol–water partition coefficient (Wildman–Crippen LogP) is 6.47. The fraction of sp³-hybridized carbons (Fsp3) is 0.240. The molecule has 1 aliphatic carbocycles. The summed E-state index contributed by atoms with van der Waals surface area (Å²) < 4.78 is 14.9. The number of nitrogens with zero attached hydrogens (tertiary/aromatic N) is 1. The van der Waals surface area contributed by atoms with Gasteiger partial charge in [0, 0.05) is 22.8 Å². The van der Waals surface area contributed by atoms with Crippen LogP contribution in [-0.4, -0.2) is 26.6 Å². The summed E-state index contributed by atoms with van der Waals surface area (Å²) in [5.41, 5.74) is 1.80. The average molecular weight is 499 g/mol. The van der Waals surface area contributed by atoms with E-state index in [9.17, 15) is 24.4 Å². The standard InChI is InChI=1S/C25H20ClFN2O4S/c26-22-20(34-19-11-4-3-10-18(19)29(32)33)12-16-21(22)14-7-5-8-15(25(30)31)24(14)28-23(16)13-6-1-2-9-17(13)27/h1-11,16,20-23,28H,12H2,(H,30,31)/t16-,20+,21-,22-,23-/m1/s1. The second-order valence-electron chi connectivity index (χ2n) is 8.47. The lowest BCUT2D eigenvalue weighted by atomic mass is 9.76. The summed E-state index contributed by atoms with van der Waals surface area (Å²) >= 11 is 8.38. The minimum Gasteiger partial charge on any atom is -0.478 e. The first-order valence-corrected chi connectivity index (χ1v) is 12.1. The molecule has 5 rings (SSSR count). The molecule has 0 amide bonds. The van der Waals surface area contributed by atoms with E-state index in [4.69, 9.17) is 11.6 Å². The number of hydrogen-bond acceptors (Lipinski definition) is 5. The van der Waals surface area contributed by atoms with Gasteiger partial charge in [0.2, 0.25) is 0 Å². The summed E-state index contributed by atoms with van der Waals surface area (Å²) in [6.07, 6.45) is 0.582. The summed E-state index contributed by atoms with van der Waals surface area (Å²) in [6, 6.07) is 17.6. The molecular formula is C25H20ClFN2O4S. The van der Waals surface area contributed by atoms with Gasteiger partial charge < -0.3 is 10.4 Å². The normalized spacial score (nSPS) is 25.2. The number of hydrogen-bond donors (Lipinski definition) is 2. The van der Waals surface area contributed by atoms with Gasteiger partial charge in [-0.1, -0.05) is 42.5 Å². The van der Waals surface area contributed by atoms with Crippen molar-refractivity contribution in [3.8, 4) is 0 Å². The number of benzene rings is 3. The van der Waals surface area contributed by atoms with Gasteiger partial charge in [-0.25, -0.2) is 9.18 Å². The Morgan fingerprint density at radius 2 is 1.79 bits per heavy atom. The monoisotopic (exact) mass is 498 g/mol. The van der Waals surface area contributed by atoms with Crippen molar-refractivity contribution in [2.45, 2.75) is 33.9 Å². The van der Waals surface area contributed by atoms with Crippen LogP contribution in [0.2, 0.25) is 0 Å². The maximum absolute atomic E-state index is 14.9. The van der Waals surface area contributed by atoms with Crippen LogP contribution in [0.15, 0.2) is 71.6 Å². The first-order chi connectivity index (χ1) is 16.4. The third kappa shape index (κ3) is 3.80. The average Bonchev–Trinajstić information content (AvgIpc) is 3.15. The topological polar surface area (TPSA) is 92.5 Å². The molecule has 5 atom stereocenters. The zero-order valence-corrected chi connectivity index (χ0v) is 19.3. The van der Waals surface area contributed by atoms with Gasteiger partial charge in [0.05, 0.1) is 32.5 Å². The first-order valence-electron chi connectivity index (χ1n) is 10.8. The third-order valence-electron chi connectivity index (χ3n) is 6.66. The Kier molecular flexibility index (Phi) is 5.95. The van der Waals surface area contributed by atoms with Crippen molar-refractivity contribution in [3.63, 3.8) is 0 Å². The molecule has 0 bridgehead atoms. The summed E-state index contributed by atoms with van der Waals surface area (Å²) in [7, 11) is 0. The quantitative estimate of drug-likeness (QED) is 0.238. The Labute approximate surface area is 204 Å². The molecule has 1 heterocycles. The van der Waals surface area contributed by atoms with Gasteiger partial charge in [0.15, 0.2) is 0 Å². The molecule has 2 N–H and O–H groups in total. The predicted molar refractivity (Wildman–Crippen MR) is 129 cm³/mol. The number of carboxylic acid groups (broad SMARTS) is 1. The lowest BCUT2D eigenvalue weighted by molar-refractivity contribution is -0.387. The van der Waals surface area contributed by atoms with E-state index in [-0.39, 0.29) is 34.2 Å². The molecule has 1 saturated carbocycles.